The summed E-state index contributed by atoms with van der Waals surface area (Å²) in [4.78, 5) is 17.7. The van der Waals surface area contributed by atoms with Gasteiger partial charge in [0.05, 0.1) is 6.61 Å². The molecule has 5 rings (SSSR count). The van der Waals surface area contributed by atoms with Crippen LogP contribution in [0.25, 0.3) is 6.08 Å². The number of nitrogens with one attached hydrogen (secondary N) is 1. The Labute approximate surface area is 195 Å². The SMILES string of the molecule is CN1CCCN(C(N=NC2CC3=Cc4ccccc4C3CO2)C(=O)Nc2ccccc2)CC1. The fourth-order valence-corrected chi connectivity index (χ4v) is 4.87. The highest BCUT2D eigenvalue weighted by Gasteiger charge is 2.33. The fourth-order valence-electron chi connectivity index (χ4n) is 4.87. The smallest absolute Gasteiger partial charge is 0.266 e. The third-order valence-corrected chi connectivity index (χ3v) is 6.71. The van der Waals surface area contributed by atoms with E-state index < -0.39 is 6.17 Å². The molecule has 1 aliphatic carbocycles. The Balaban J connectivity index is 1.31. The molecular formula is C26H31N5O2. The molecule has 2 aliphatic heterocycles. The zero-order valence-corrected chi connectivity index (χ0v) is 19.1. The van der Waals surface area contributed by atoms with E-state index in [2.05, 4.69) is 62.7 Å². The Morgan fingerprint density at radius 2 is 1.88 bits per heavy atom. The first-order valence-electron chi connectivity index (χ1n) is 11.8. The van der Waals surface area contributed by atoms with Crippen molar-refractivity contribution < 1.29 is 9.53 Å². The van der Waals surface area contributed by atoms with E-state index in [-0.39, 0.29) is 12.1 Å². The van der Waals surface area contributed by atoms with Gasteiger partial charge in [0, 0.05) is 37.7 Å². The van der Waals surface area contributed by atoms with Gasteiger partial charge < -0.3 is 15.0 Å². The van der Waals surface area contributed by atoms with Crippen LogP contribution in [0, 0.1) is 0 Å². The number of hydrogen-bond acceptors (Lipinski definition) is 6. The molecule has 3 unspecified atom stereocenters. The van der Waals surface area contributed by atoms with Crippen LogP contribution in [0.5, 0.6) is 0 Å². The molecule has 0 aromatic heterocycles. The van der Waals surface area contributed by atoms with Crippen molar-refractivity contribution in [1.29, 1.82) is 0 Å². The lowest BCUT2D eigenvalue weighted by Crippen LogP contribution is -2.44. The van der Waals surface area contributed by atoms with Gasteiger partial charge in [0.1, 0.15) is 0 Å². The standard InChI is InChI=1S/C26H31N5O2/c1-30-12-7-13-31(15-14-30)25(26(32)27-21-9-3-2-4-10-21)29-28-24-17-20-16-19-8-5-6-11-22(19)23(20)18-33-24/h2-6,8-11,16,23-25H,7,12-15,17-18H2,1H3,(H,27,32). The van der Waals surface area contributed by atoms with Crippen LogP contribution in [-0.2, 0) is 9.53 Å². The highest BCUT2D eigenvalue weighted by Crippen LogP contribution is 2.42. The van der Waals surface area contributed by atoms with Crippen molar-refractivity contribution in [2.75, 3.05) is 45.2 Å². The highest BCUT2D eigenvalue weighted by molar-refractivity contribution is 5.94. The van der Waals surface area contributed by atoms with Crippen molar-refractivity contribution >= 4 is 17.7 Å². The summed E-state index contributed by atoms with van der Waals surface area (Å²) in [5.41, 5.74) is 4.71. The van der Waals surface area contributed by atoms with Crippen molar-refractivity contribution in [3.8, 4) is 0 Å². The highest BCUT2D eigenvalue weighted by atomic mass is 16.5. The second-order valence-electron chi connectivity index (χ2n) is 9.05. The van der Waals surface area contributed by atoms with Crippen LogP contribution < -0.4 is 5.32 Å². The van der Waals surface area contributed by atoms with Gasteiger partial charge in [0.25, 0.3) is 5.91 Å². The quantitative estimate of drug-likeness (QED) is 0.707. The number of fused-ring (bicyclic) bond motifs is 3. The molecule has 0 radical (unpaired) electrons. The summed E-state index contributed by atoms with van der Waals surface area (Å²) in [6.07, 6.45) is 2.93. The lowest BCUT2D eigenvalue weighted by atomic mass is 9.92. The number of anilines is 1. The number of azo groups is 1. The maximum Gasteiger partial charge on any atom is 0.266 e. The molecule has 2 saturated heterocycles. The molecule has 172 valence electrons. The number of carbonyl (C=O) groups is 1. The van der Waals surface area contributed by atoms with Crippen LogP contribution in [-0.4, -0.2) is 67.9 Å². The van der Waals surface area contributed by atoms with E-state index in [1.165, 1.54) is 16.7 Å². The van der Waals surface area contributed by atoms with E-state index in [0.717, 1.165) is 38.3 Å². The molecule has 3 atom stereocenters. The van der Waals surface area contributed by atoms with Gasteiger partial charge in [-0.15, -0.1) is 0 Å². The molecule has 0 bridgehead atoms. The van der Waals surface area contributed by atoms with E-state index in [9.17, 15) is 4.79 Å². The van der Waals surface area contributed by atoms with Crippen LogP contribution in [0.3, 0.4) is 0 Å². The number of amides is 1. The molecule has 1 amide bonds. The van der Waals surface area contributed by atoms with Crippen molar-refractivity contribution in [1.82, 2.24) is 9.80 Å². The molecule has 2 aromatic carbocycles. The molecule has 2 heterocycles. The lowest BCUT2D eigenvalue weighted by Gasteiger charge is -2.28. The first-order valence-corrected chi connectivity index (χ1v) is 11.8. The summed E-state index contributed by atoms with van der Waals surface area (Å²) < 4.78 is 6.07. The van der Waals surface area contributed by atoms with Gasteiger partial charge in [-0.1, -0.05) is 54.1 Å². The third kappa shape index (κ3) is 5.05. The molecule has 33 heavy (non-hydrogen) atoms. The van der Waals surface area contributed by atoms with E-state index in [1.54, 1.807) is 0 Å². The maximum absolute atomic E-state index is 13.2. The lowest BCUT2D eigenvalue weighted by molar-refractivity contribution is -0.121. The van der Waals surface area contributed by atoms with Crippen LogP contribution >= 0.6 is 0 Å². The molecule has 3 aliphatic rings. The number of para-hydroxylation sites is 1. The summed E-state index contributed by atoms with van der Waals surface area (Å²) in [6.45, 7) is 4.10. The number of likely N-dealkylation sites (N-methyl/N-ethyl adjacent to an activating group) is 1. The average Bonchev–Trinajstić information content (AvgIpc) is 3.06. The number of hydrogen-bond donors (Lipinski definition) is 1. The maximum atomic E-state index is 13.2. The minimum Gasteiger partial charge on any atom is -0.353 e. The monoisotopic (exact) mass is 445 g/mol. The Morgan fingerprint density at radius 1 is 1.06 bits per heavy atom. The van der Waals surface area contributed by atoms with Crippen molar-refractivity contribution in [2.24, 2.45) is 10.2 Å². The summed E-state index contributed by atoms with van der Waals surface area (Å²) in [5.74, 6) is 0.154. The topological polar surface area (TPSA) is 69.5 Å². The number of nitrogens with zero attached hydrogens (tertiary/aromatic N) is 4. The predicted molar refractivity (Wildman–Crippen MR) is 129 cm³/mol. The summed E-state index contributed by atoms with van der Waals surface area (Å²) in [6, 6.07) is 18.0. The minimum absolute atomic E-state index is 0.157. The predicted octanol–water partition coefficient (Wildman–Crippen LogP) is 3.97. The normalized spacial score (nSPS) is 24.6. The summed E-state index contributed by atoms with van der Waals surface area (Å²) in [5, 5.41) is 12.1. The molecule has 0 saturated carbocycles. The van der Waals surface area contributed by atoms with Gasteiger partial charge in [-0.3, -0.25) is 9.69 Å². The zero-order valence-electron chi connectivity index (χ0n) is 19.1. The Bertz CT molecular complexity index is 1040. The first-order chi connectivity index (χ1) is 16.2. The van der Waals surface area contributed by atoms with Crippen LogP contribution in [0.2, 0.25) is 0 Å². The number of carbonyl (C=O) groups excluding carboxylic acids is 1. The Morgan fingerprint density at radius 3 is 2.76 bits per heavy atom. The summed E-state index contributed by atoms with van der Waals surface area (Å²) in [7, 11) is 2.11. The van der Waals surface area contributed by atoms with Crippen molar-refractivity contribution in [3.63, 3.8) is 0 Å². The molecule has 7 heteroatoms. The van der Waals surface area contributed by atoms with Crippen molar-refractivity contribution in [2.45, 2.75) is 31.2 Å². The Hall–Kier alpha value is -2.87. The second kappa shape index (κ2) is 9.95. The van der Waals surface area contributed by atoms with Gasteiger partial charge >= 0.3 is 0 Å². The van der Waals surface area contributed by atoms with Gasteiger partial charge in [-0.2, -0.15) is 10.2 Å². The van der Waals surface area contributed by atoms with Crippen molar-refractivity contribution in [3.05, 3.63) is 71.3 Å². The van der Waals surface area contributed by atoms with E-state index >= 15 is 0 Å². The number of rotatable bonds is 5. The third-order valence-electron chi connectivity index (χ3n) is 6.71. The fraction of sp³-hybridized carbons (Fsp3) is 0.423. The molecular weight excluding hydrogens is 414 g/mol. The average molecular weight is 446 g/mol. The van der Waals surface area contributed by atoms with E-state index in [4.69, 9.17) is 4.74 Å². The Kier molecular flexibility index (Phi) is 6.62. The first kappa shape index (κ1) is 21.9. The van der Waals surface area contributed by atoms with Gasteiger partial charge in [-0.25, -0.2) is 0 Å². The van der Waals surface area contributed by atoms with Gasteiger partial charge in [0.15, 0.2) is 6.23 Å². The number of ether oxygens (including phenoxy) is 1. The van der Waals surface area contributed by atoms with E-state index in [0.29, 0.717) is 18.9 Å². The molecule has 2 fully saturated rings. The second-order valence-corrected chi connectivity index (χ2v) is 9.05. The molecule has 2 aromatic rings. The summed E-state index contributed by atoms with van der Waals surface area (Å²) >= 11 is 0. The molecule has 0 spiro atoms. The largest absolute Gasteiger partial charge is 0.353 e. The minimum atomic E-state index is -0.673. The zero-order chi connectivity index (χ0) is 22.6. The van der Waals surface area contributed by atoms with Gasteiger partial charge in [0.2, 0.25) is 6.17 Å². The van der Waals surface area contributed by atoms with E-state index in [1.807, 2.05) is 30.3 Å². The number of benzene rings is 2. The van der Waals surface area contributed by atoms with Gasteiger partial charge in [-0.05, 0) is 43.3 Å². The van der Waals surface area contributed by atoms with Crippen LogP contribution in [0.4, 0.5) is 5.69 Å². The van der Waals surface area contributed by atoms with Crippen LogP contribution in [0.1, 0.15) is 29.9 Å². The van der Waals surface area contributed by atoms with Crippen LogP contribution in [0.15, 0.2) is 70.4 Å². The molecule has 1 N–H and O–H groups in total. The molecule has 7 nitrogen and oxygen atoms in total.